The molecule has 1 aromatic heterocycles. The van der Waals surface area contributed by atoms with Gasteiger partial charge in [-0.3, -0.25) is 4.79 Å². The quantitative estimate of drug-likeness (QED) is 0.928. The molecule has 1 amide bonds. The predicted octanol–water partition coefficient (Wildman–Crippen LogP) is 2.22. The minimum absolute atomic E-state index is 0.136. The number of fused-ring (bicyclic) bond motifs is 1. The monoisotopic (exact) mass is 322 g/mol. The Hall–Kier alpha value is -0.910. The molecular weight excluding hydrogens is 296 g/mol. The van der Waals surface area contributed by atoms with Crippen LogP contribution in [0.15, 0.2) is 11.4 Å². The third-order valence-electron chi connectivity index (χ3n) is 5.48. The fourth-order valence-corrected chi connectivity index (χ4v) is 4.87. The lowest BCUT2D eigenvalue weighted by Gasteiger charge is -2.44. The van der Waals surface area contributed by atoms with Gasteiger partial charge in [-0.05, 0) is 56.7 Å². The molecule has 3 heterocycles. The number of thiophene rings is 1. The standard InChI is InChI=1S/C17H26N2O2S/c1-12(2)18-6-4-14-8-19(10-17(14,9-18)11-20)16(21)15-13(3)5-7-22-15/h5,7,12,14,20H,4,6,8-11H2,1-3H3/t14-,17+/m1/s1. The summed E-state index contributed by atoms with van der Waals surface area (Å²) in [5.74, 6) is 0.572. The average Bonchev–Trinajstić information content (AvgIpc) is 3.09. The number of rotatable bonds is 3. The number of carbonyl (C=O) groups excluding carboxylic acids is 1. The van der Waals surface area contributed by atoms with Crippen LogP contribution in [0.25, 0.3) is 0 Å². The predicted molar refractivity (Wildman–Crippen MR) is 89.3 cm³/mol. The summed E-state index contributed by atoms with van der Waals surface area (Å²) in [4.78, 5) is 18.1. The average molecular weight is 322 g/mol. The van der Waals surface area contributed by atoms with Gasteiger partial charge in [-0.15, -0.1) is 11.3 Å². The van der Waals surface area contributed by atoms with Crippen molar-refractivity contribution in [3.8, 4) is 0 Å². The number of amides is 1. The third-order valence-corrected chi connectivity index (χ3v) is 6.49. The lowest BCUT2D eigenvalue weighted by Crippen LogP contribution is -2.52. The summed E-state index contributed by atoms with van der Waals surface area (Å²) in [6.45, 7) is 10.0. The highest BCUT2D eigenvalue weighted by Crippen LogP contribution is 2.43. The van der Waals surface area contributed by atoms with Crippen LogP contribution in [0.5, 0.6) is 0 Å². The second kappa shape index (κ2) is 5.95. The Morgan fingerprint density at radius 2 is 2.27 bits per heavy atom. The van der Waals surface area contributed by atoms with Gasteiger partial charge in [0, 0.05) is 31.1 Å². The molecule has 0 aromatic carbocycles. The van der Waals surface area contributed by atoms with Crippen LogP contribution in [0.2, 0.25) is 0 Å². The van der Waals surface area contributed by atoms with E-state index in [-0.39, 0.29) is 17.9 Å². The Balaban J connectivity index is 1.79. The normalized spacial score (nSPS) is 29.1. The first kappa shape index (κ1) is 16.0. The van der Waals surface area contributed by atoms with E-state index in [4.69, 9.17) is 0 Å². The van der Waals surface area contributed by atoms with Crippen molar-refractivity contribution in [3.05, 3.63) is 21.9 Å². The van der Waals surface area contributed by atoms with E-state index in [1.54, 1.807) is 0 Å². The molecule has 0 unspecified atom stereocenters. The Labute approximate surface area is 136 Å². The van der Waals surface area contributed by atoms with Crippen LogP contribution in [-0.4, -0.2) is 59.6 Å². The first-order valence-corrected chi connectivity index (χ1v) is 9.03. The SMILES string of the molecule is Cc1ccsc1C(=O)N1C[C@H]2CCN(C(C)C)C[C@@]2(CO)C1. The molecule has 122 valence electrons. The summed E-state index contributed by atoms with van der Waals surface area (Å²) in [6.07, 6.45) is 1.08. The Morgan fingerprint density at radius 3 is 2.86 bits per heavy atom. The molecule has 2 aliphatic rings. The molecular formula is C17H26N2O2S. The van der Waals surface area contributed by atoms with Crippen molar-refractivity contribution in [2.75, 3.05) is 32.8 Å². The van der Waals surface area contributed by atoms with E-state index in [1.807, 2.05) is 23.3 Å². The van der Waals surface area contributed by atoms with Crippen LogP contribution in [0.1, 0.15) is 35.5 Å². The number of nitrogens with zero attached hydrogens (tertiary/aromatic N) is 2. The zero-order valence-electron chi connectivity index (χ0n) is 13.7. The molecule has 1 aromatic rings. The maximum atomic E-state index is 12.8. The van der Waals surface area contributed by atoms with Gasteiger partial charge >= 0.3 is 0 Å². The van der Waals surface area contributed by atoms with Crippen LogP contribution in [0, 0.1) is 18.3 Å². The molecule has 4 nitrogen and oxygen atoms in total. The minimum atomic E-state index is -0.136. The van der Waals surface area contributed by atoms with E-state index in [9.17, 15) is 9.90 Å². The van der Waals surface area contributed by atoms with Crippen molar-refractivity contribution in [1.29, 1.82) is 0 Å². The second-order valence-corrected chi connectivity index (χ2v) is 8.10. The van der Waals surface area contributed by atoms with E-state index in [2.05, 4.69) is 18.7 Å². The summed E-state index contributed by atoms with van der Waals surface area (Å²) >= 11 is 1.53. The maximum absolute atomic E-state index is 12.8. The Kier molecular flexibility index (Phi) is 4.32. The topological polar surface area (TPSA) is 43.8 Å². The maximum Gasteiger partial charge on any atom is 0.264 e. The summed E-state index contributed by atoms with van der Waals surface area (Å²) in [7, 11) is 0. The molecule has 0 aliphatic carbocycles. The second-order valence-electron chi connectivity index (χ2n) is 7.19. The van der Waals surface area contributed by atoms with E-state index in [1.165, 1.54) is 11.3 Å². The highest BCUT2D eigenvalue weighted by molar-refractivity contribution is 7.12. The van der Waals surface area contributed by atoms with Gasteiger partial charge in [0.15, 0.2) is 0 Å². The fraction of sp³-hybridized carbons (Fsp3) is 0.706. The first-order chi connectivity index (χ1) is 10.5. The van der Waals surface area contributed by atoms with Gasteiger partial charge in [-0.1, -0.05) is 0 Å². The van der Waals surface area contributed by atoms with Gasteiger partial charge in [0.25, 0.3) is 5.91 Å². The number of piperidine rings is 1. The molecule has 0 bridgehead atoms. The van der Waals surface area contributed by atoms with Gasteiger partial charge in [0.1, 0.15) is 0 Å². The van der Waals surface area contributed by atoms with Gasteiger partial charge < -0.3 is 14.9 Å². The van der Waals surface area contributed by atoms with Crippen molar-refractivity contribution in [1.82, 2.24) is 9.80 Å². The summed E-state index contributed by atoms with van der Waals surface area (Å²) in [5.41, 5.74) is 0.926. The fourth-order valence-electron chi connectivity index (χ4n) is 3.98. The highest BCUT2D eigenvalue weighted by atomic mass is 32.1. The minimum Gasteiger partial charge on any atom is -0.396 e. The van der Waals surface area contributed by atoms with Crippen LogP contribution in [0.3, 0.4) is 0 Å². The third kappa shape index (κ3) is 2.59. The van der Waals surface area contributed by atoms with Crippen molar-refractivity contribution in [3.63, 3.8) is 0 Å². The smallest absolute Gasteiger partial charge is 0.264 e. The largest absolute Gasteiger partial charge is 0.396 e. The molecule has 2 atom stereocenters. The number of hydrogen-bond donors (Lipinski definition) is 1. The molecule has 2 fully saturated rings. The van der Waals surface area contributed by atoms with Crippen molar-refractivity contribution in [2.45, 2.75) is 33.2 Å². The van der Waals surface area contributed by atoms with E-state index in [0.29, 0.717) is 18.5 Å². The first-order valence-electron chi connectivity index (χ1n) is 8.15. The van der Waals surface area contributed by atoms with Crippen LogP contribution >= 0.6 is 11.3 Å². The highest BCUT2D eigenvalue weighted by Gasteiger charge is 2.51. The lowest BCUT2D eigenvalue weighted by atomic mass is 9.73. The zero-order valence-corrected chi connectivity index (χ0v) is 14.5. The summed E-state index contributed by atoms with van der Waals surface area (Å²) in [6, 6.07) is 2.50. The molecule has 0 spiro atoms. The Morgan fingerprint density at radius 1 is 1.50 bits per heavy atom. The van der Waals surface area contributed by atoms with E-state index in [0.717, 1.165) is 36.5 Å². The van der Waals surface area contributed by atoms with Crippen LogP contribution in [0.4, 0.5) is 0 Å². The summed E-state index contributed by atoms with van der Waals surface area (Å²) < 4.78 is 0. The molecule has 3 rings (SSSR count). The molecule has 0 radical (unpaired) electrons. The van der Waals surface area contributed by atoms with Crippen molar-refractivity contribution in [2.24, 2.45) is 11.3 Å². The van der Waals surface area contributed by atoms with E-state index >= 15 is 0 Å². The molecule has 22 heavy (non-hydrogen) atoms. The van der Waals surface area contributed by atoms with Crippen molar-refractivity contribution >= 4 is 17.2 Å². The van der Waals surface area contributed by atoms with Crippen LogP contribution < -0.4 is 0 Å². The molecule has 0 saturated carbocycles. The van der Waals surface area contributed by atoms with Gasteiger partial charge in [0.2, 0.25) is 0 Å². The van der Waals surface area contributed by atoms with Gasteiger partial charge in [0.05, 0.1) is 11.5 Å². The summed E-state index contributed by atoms with van der Waals surface area (Å²) in [5, 5.41) is 12.1. The lowest BCUT2D eigenvalue weighted by molar-refractivity contribution is -0.00102. The molecule has 2 saturated heterocycles. The number of carbonyl (C=O) groups is 1. The van der Waals surface area contributed by atoms with Crippen molar-refractivity contribution < 1.29 is 9.90 Å². The number of aryl methyl sites for hydroxylation is 1. The molecule has 2 aliphatic heterocycles. The number of aliphatic hydroxyl groups is 1. The zero-order chi connectivity index (χ0) is 15.9. The Bertz CT molecular complexity index is 557. The number of likely N-dealkylation sites (tertiary alicyclic amines) is 2. The van der Waals surface area contributed by atoms with Gasteiger partial charge in [-0.25, -0.2) is 0 Å². The number of aliphatic hydroxyl groups excluding tert-OH is 1. The number of hydrogen-bond acceptors (Lipinski definition) is 4. The van der Waals surface area contributed by atoms with Crippen LogP contribution in [-0.2, 0) is 0 Å². The van der Waals surface area contributed by atoms with Gasteiger partial charge in [-0.2, -0.15) is 0 Å². The molecule has 5 heteroatoms. The molecule has 1 N–H and O–H groups in total. The van der Waals surface area contributed by atoms with E-state index < -0.39 is 0 Å².